The third kappa shape index (κ3) is 6.19. The van der Waals surface area contributed by atoms with Crippen LogP contribution >= 0.6 is 11.6 Å². The minimum absolute atomic E-state index is 0.0517. The van der Waals surface area contributed by atoms with Crippen LogP contribution < -0.4 is 10.6 Å². The molecule has 0 radical (unpaired) electrons. The maximum atomic E-state index is 12.1. The van der Waals surface area contributed by atoms with Gasteiger partial charge < -0.3 is 10.6 Å². The van der Waals surface area contributed by atoms with Gasteiger partial charge in [0.15, 0.2) is 0 Å². The fourth-order valence-corrected chi connectivity index (χ4v) is 2.66. The molecule has 4 nitrogen and oxygen atoms in total. The van der Waals surface area contributed by atoms with Gasteiger partial charge in [-0.1, -0.05) is 56.6 Å². The molecule has 2 aromatic rings. The van der Waals surface area contributed by atoms with Crippen LogP contribution in [0.1, 0.15) is 48.7 Å². The highest BCUT2D eigenvalue weighted by molar-refractivity contribution is 6.30. The Labute approximate surface area is 159 Å². The van der Waals surface area contributed by atoms with E-state index < -0.39 is 0 Å². The second-order valence-electron chi connectivity index (χ2n) is 7.24. The zero-order chi connectivity index (χ0) is 19.2. The molecule has 0 atom stereocenters. The molecule has 0 unspecified atom stereocenters. The van der Waals surface area contributed by atoms with Gasteiger partial charge in [-0.3, -0.25) is 9.59 Å². The van der Waals surface area contributed by atoms with Crippen LogP contribution in [0.15, 0.2) is 48.5 Å². The van der Waals surface area contributed by atoms with Crippen LogP contribution in [-0.4, -0.2) is 18.4 Å². The van der Waals surface area contributed by atoms with Crippen molar-refractivity contribution in [2.24, 2.45) is 0 Å². The average Bonchev–Trinajstić information content (AvgIpc) is 2.59. The summed E-state index contributed by atoms with van der Waals surface area (Å²) in [5.41, 5.74) is 2.76. The molecule has 2 rings (SSSR count). The van der Waals surface area contributed by atoms with E-state index in [0.717, 1.165) is 5.56 Å². The van der Waals surface area contributed by atoms with Crippen LogP contribution in [-0.2, 0) is 16.8 Å². The highest BCUT2D eigenvalue weighted by atomic mass is 35.5. The van der Waals surface area contributed by atoms with Crippen molar-refractivity contribution in [2.75, 3.05) is 6.54 Å². The topological polar surface area (TPSA) is 58.2 Å². The maximum absolute atomic E-state index is 12.1. The minimum atomic E-state index is -0.173. The summed E-state index contributed by atoms with van der Waals surface area (Å²) in [6.45, 7) is 7.10. The highest BCUT2D eigenvalue weighted by Crippen LogP contribution is 2.22. The average molecular weight is 373 g/mol. The summed E-state index contributed by atoms with van der Waals surface area (Å²) in [4.78, 5) is 24.0. The lowest BCUT2D eigenvalue weighted by atomic mass is 9.87. The Morgan fingerprint density at radius 2 is 1.69 bits per heavy atom. The van der Waals surface area contributed by atoms with Crippen LogP contribution in [0, 0.1) is 0 Å². The van der Waals surface area contributed by atoms with Gasteiger partial charge >= 0.3 is 0 Å². The number of amides is 2. The number of carbonyl (C=O) groups excluding carboxylic acids is 2. The van der Waals surface area contributed by atoms with Crippen molar-refractivity contribution in [3.8, 4) is 0 Å². The molecule has 2 N–H and O–H groups in total. The number of rotatable bonds is 6. The van der Waals surface area contributed by atoms with Gasteiger partial charge in [-0.15, -0.1) is 0 Å². The summed E-state index contributed by atoms with van der Waals surface area (Å²) in [7, 11) is 0. The Kier molecular flexibility index (Phi) is 6.81. The number of benzene rings is 2. The molecule has 0 fully saturated rings. The molecule has 0 saturated carbocycles. The summed E-state index contributed by atoms with van der Waals surface area (Å²) in [5.74, 6) is -0.290. The fourth-order valence-electron chi connectivity index (χ4n) is 2.45. The Morgan fingerprint density at radius 1 is 1.00 bits per heavy atom. The number of halogens is 1. The molecule has 0 bridgehead atoms. The SMILES string of the molecule is CC(C)(C)c1ccc(C(=O)NCCC(=O)NCc2cccc(Cl)c2)cc1. The van der Waals surface area contributed by atoms with E-state index in [-0.39, 0.29) is 23.7 Å². The molecule has 0 spiro atoms. The van der Waals surface area contributed by atoms with Crippen LogP contribution in [0.3, 0.4) is 0 Å². The number of nitrogens with one attached hydrogen (secondary N) is 2. The van der Waals surface area contributed by atoms with E-state index in [0.29, 0.717) is 23.7 Å². The first kappa shape index (κ1) is 20.0. The van der Waals surface area contributed by atoms with Crippen LogP contribution in [0.25, 0.3) is 0 Å². The molecule has 0 saturated heterocycles. The van der Waals surface area contributed by atoms with Crippen molar-refractivity contribution in [3.05, 3.63) is 70.2 Å². The van der Waals surface area contributed by atoms with E-state index in [1.807, 2.05) is 42.5 Å². The molecule has 2 aromatic carbocycles. The highest BCUT2D eigenvalue weighted by Gasteiger charge is 2.14. The van der Waals surface area contributed by atoms with E-state index in [4.69, 9.17) is 11.6 Å². The van der Waals surface area contributed by atoms with Crippen LogP contribution in [0.4, 0.5) is 0 Å². The molecular weight excluding hydrogens is 348 g/mol. The third-order valence-corrected chi connectivity index (χ3v) is 4.26. The second kappa shape index (κ2) is 8.86. The van der Waals surface area contributed by atoms with Gasteiger partial charge in [0.1, 0.15) is 0 Å². The standard InChI is InChI=1S/C21H25ClN2O2/c1-21(2,3)17-9-7-16(8-10-17)20(26)23-12-11-19(25)24-14-15-5-4-6-18(22)13-15/h4-10,13H,11-12,14H2,1-3H3,(H,23,26)(H,24,25). The molecule has 2 amide bonds. The lowest BCUT2D eigenvalue weighted by molar-refractivity contribution is -0.121. The summed E-state index contributed by atoms with van der Waals surface area (Å²) >= 11 is 5.91. The number of carbonyl (C=O) groups is 2. The Balaban J connectivity index is 1.74. The normalized spacial score (nSPS) is 11.1. The predicted molar refractivity (Wildman–Crippen MR) is 105 cm³/mol. The minimum Gasteiger partial charge on any atom is -0.352 e. The number of hydrogen-bond donors (Lipinski definition) is 2. The van der Waals surface area contributed by atoms with E-state index in [2.05, 4.69) is 31.4 Å². The molecule has 0 aliphatic carbocycles. The molecule has 0 aliphatic heterocycles. The van der Waals surface area contributed by atoms with Crippen molar-refractivity contribution in [2.45, 2.75) is 39.2 Å². The zero-order valence-corrected chi connectivity index (χ0v) is 16.2. The second-order valence-corrected chi connectivity index (χ2v) is 7.68. The molecule has 5 heteroatoms. The van der Waals surface area contributed by atoms with E-state index in [1.165, 1.54) is 5.56 Å². The first-order valence-electron chi connectivity index (χ1n) is 8.65. The van der Waals surface area contributed by atoms with Crippen molar-refractivity contribution in [1.29, 1.82) is 0 Å². The zero-order valence-electron chi connectivity index (χ0n) is 15.4. The quantitative estimate of drug-likeness (QED) is 0.802. The Bertz CT molecular complexity index is 764. The Hall–Kier alpha value is -2.33. The fraction of sp³-hybridized carbons (Fsp3) is 0.333. The van der Waals surface area contributed by atoms with Gasteiger partial charge in [-0.2, -0.15) is 0 Å². The van der Waals surface area contributed by atoms with Crippen molar-refractivity contribution >= 4 is 23.4 Å². The third-order valence-electron chi connectivity index (χ3n) is 4.03. The van der Waals surface area contributed by atoms with E-state index in [9.17, 15) is 9.59 Å². The predicted octanol–water partition coefficient (Wildman–Crippen LogP) is 4.07. The molecule has 138 valence electrons. The summed E-state index contributed by atoms with van der Waals surface area (Å²) in [6, 6.07) is 14.9. The largest absolute Gasteiger partial charge is 0.352 e. The van der Waals surface area contributed by atoms with Crippen LogP contribution in [0.5, 0.6) is 0 Å². The lowest BCUT2D eigenvalue weighted by Gasteiger charge is -2.19. The first-order valence-corrected chi connectivity index (χ1v) is 9.03. The molecule has 0 heterocycles. The van der Waals surface area contributed by atoms with Crippen LogP contribution in [0.2, 0.25) is 5.02 Å². The van der Waals surface area contributed by atoms with Gasteiger partial charge in [0.25, 0.3) is 5.91 Å². The summed E-state index contributed by atoms with van der Waals surface area (Å²) < 4.78 is 0. The molecule has 26 heavy (non-hydrogen) atoms. The summed E-state index contributed by atoms with van der Waals surface area (Å²) in [5, 5.41) is 6.23. The van der Waals surface area contributed by atoms with E-state index >= 15 is 0 Å². The lowest BCUT2D eigenvalue weighted by Crippen LogP contribution is -2.30. The van der Waals surface area contributed by atoms with Gasteiger partial charge in [0, 0.05) is 30.1 Å². The maximum Gasteiger partial charge on any atom is 0.251 e. The van der Waals surface area contributed by atoms with Crippen molar-refractivity contribution in [1.82, 2.24) is 10.6 Å². The first-order chi connectivity index (χ1) is 12.3. The smallest absolute Gasteiger partial charge is 0.251 e. The molecule has 0 aliphatic rings. The number of hydrogen-bond acceptors (Lipinski definition) is 2. The monoisotopic (exact) mass is 372 g/mol. The van der Waals surface area contributed by atoms with Gasteiger partial charge in [-0.05, 0) is 40.8 Å². The van der Waals surface area contributed by atoms with Gasteiger partial charge in [0.05, 0.1) is 0 Å². The Morgan fingerprint density at radius 3 is 2.31 bits per heavy atom. The molecule has 0 aromatic heterocycles. The van der Waals surface area contributed by atoms with Crippen molar-refractivity contribution < 1.29 is 9.59 Å². The molecular formula is C21H25ClN2O2. The van der Waals surface area contributed by atoms with Gasteiger partial charge in [0.2, 0.25) is 5.91 Å². The van der Waals surface area contributed by atoms with Crippen molar-refractivity contribution in [3.63, 3.8) is 0 Å². The van der Waals surface area contributed by atoms with E-state index in [1.54, 1.807) is 6.07 Å². The summed E-state index contributed by atoms with van der Waals surface area (Å²) in [6.07, 6.45) is 0.229. The van der Waals surface area contributed by atoms with Gasteiger partial charge in [-0.25, -0.2) is 0 Å².